The van der Waals surface area contributed by atoms with Crippen LogP contribution in [-0.2, 0) is 0 Å². The van der Waals surface area contributed by atoms with Crippen molar-refractivity contribution < 1.29 is 4.79 Å². The number of Topliss-reactive ketones (excluding diaryl/α,β-unsaturated/α-hetero) is 1. The fourth-order valence-corrected chi connectivity index (χ4v) is 2.38. The van der Waals surface area contributed by atoms with Gasteiger partial charge in [-0.1, -0.05) is 11.6 Å². The molecule has 5 nitrogen and oxygen atoms in total. The van der Waals surface area contributed by atoms with Crippen molar-refractivity contribution in [2.24, 2.45) is 0 Å². The number of rotatable bonds is 3. The number of hydrogen-bond donors (Lipinski definition) is 1. The van der Waals surface area contributed by atoms with Crippen LogP contribution in [0.25, 0.3) is 0 Å². The van der Waals surface area contributed by atoms with Crippen LogP contribution >= 0.6 is 43.5 Å². The molecule has 1 N–H and O–H groups in total. The van der Waals surface area contributed by atoms with E-state index in [1.165, 1.54) is 17.0 Å². The van der Waals surface area contributed by atoms with Gasteiger partial charge in [0, 0.05) is 6.20 Å². The first-order valence-electron chi connectivity index (χ1n) is 5.22. The molecule has 0 radical (unpaired) electrons. The topological polar surface area (TPSA) is 67.8 Å². The molecule has 0 aliphatic carbocycles. The molecule has 0 fully saturated rings. The zero-order chi connectivity index (χ0) is 14.2. The summed E-state index contributed by atoms with van der Waals surface area (Å²) in [6.45, 7) is 1.62. The zero-order valence-electron chi connectivity index (χ0n) is 9.65. The van der Waals surface area contributed by atoms with Gasteiger partial charge in [0.15, 0.2) is 0 Å². The Morgan fingerprint density at radius 2 is 2.21 bits per heavy atom. The van der Waals surface area contributed by atoms with Crippen molar-refractivity contribution in [3.63, 3.8) is 0 Å². The van der Waals surface area contributed by atoms with Gasteiger partial charge in [0.2, 0.25) is 5.78 Å². The maximum atomic E-state index is 12.3. The van der Waals surface area contributed by atoms with Gasteiger partial charge < -0.3 is 4.98 Å². The van der Waals surface area contributed by atoms with E-state index in [1.807, 2.05) is 0 Å². The average molecular weight is 409 g/mol. The molecule has 0 aliphatic heterocycles. The third kappa shape index (κ3) is 2.98. The summed E-state index contributed by atoms with van der Waals surface area (Å²) in [7, 11) is 0. The molecule has 0 aliphatic rings. The van der Waals surface area contributed by atoms with E-state index in [1.54, 1.807) is 13.0 Å². The summed E-state index contributed by atoms with van der Waals surface area (Å²) in [6, 6.07) is 0.947. The van der Waals surface area contributed by atoms with E-state index in [-0.39, 0.29) is 5.78 Å². The molecule has 2 heterocycles. The quantitative estimate of drug-likeness (QED) is 0.792. The number of halogens is 3. The molecule has 1 unspecified atom stereocenters. The van der Waals surface area contributed by atoms with E-state index in [4.69, 9.17) is 11.6 Å². The monoisotopic (exact) mass is 407 g/mol. The fourth-order valence-electron chi connectivity index (χ4n) is 1.57. The van der Waals surface area contributed by atoms with Gasteiger partial charge >= 0.3 is 5.69 Å². The number of carbonyl (C=O) groups is 1. The SMILES string of the molecule is CC(C(=O)c1cc(Br)c(Br)[nH]1)n1cc(Cl)cnc1=O. The molecule has 0 saturated heterocycles. The molecule has 100 valence electrons. The Labute approximate surface area is 130 Å². The van der Waals surface area contributed by atoms with Crippen LogP contribution in [0, 0.1) is 0 Å². The molecule has 0 aromatic carbocycles. The molecular weight excluding hydrogens is 401 g/mol. The summed E-state index contributed by atoms with van der Waals surface area (Å²) in [4.78, 5) is 30.4. The fraction of sp³-hybridized carbons (Fsp3) is 0.182. The Hall–Kier alpha value is -0.920. The second-order valence-corrected chi connectivity index (χ2v) is 5.93. The van der Waals surface area contributed by atoms with E-state index in [2.05, 4.69) is 41.8 Å². The molecule has 19 heavy (non-hydrogen) atoms. The lowest BCUT2D eigenvalue weighted by Gasteiger charge is -2.12. The highest BCUT2D eigenvalue weighted by Crippen LogP contribution is 2.25. The smallest absolute Gasteiger partial charge is 0.346 e. The van der Waals surface area contributed by atoms with Gasteiger partial charge in [-0.3, -0.25) is 9.36 Å². The highest BCUT2D eigenvalue weighted by atomic mass is 79.9. The van der Waals surface area contributed by atoms with Crippen molar-refractivity contribution in [2.75, 3.05) is 0 Å². The van der Waals surface area contributed by atoms with Gasteiger partial charge in [-0.05, 0) is 44.8 Å². The van der Waals surface area contributed by atoms with Crippen LogP contribution in [0.4, 0.5) is 0 Å². The highest BCUT2D eigenvalue weighted by molar-refractivity contribution is 9.13. The van der Waals surface area contributed by atoms with Crippen molar-refractivity contribution in [1.29, 1.82) is 0 Å². The summed E-state index contributed by atoms with van der Waals surface area (Å²) >= 11 is 12.3. The van der Waals surface area contributed by atoms with Crippen LogP contribution in [0.3, 0.4) is 0 Å². The number of ketones is 1. The van der Waals surface area contributed by atoms with E-state index in [0.29, 0.717) is 15.3 Å². The van der Waals surface area contributed by atoms with Crippen molar-refractivity contribution in [3.05, 3.63) is 48.7 Å². The van der Waals surface area contributed by atoms with E-state index < -0.39 is 11.7 Å². The normalized spacial score (nSPS) is 12.4. The number of aromatic amines is 1. The molecule has 2 aromatic rings. The highest BCUT2D eigenvalue weighted by Gasteiger charge is 2.21. The zero-order valence-corrected chi connectivity index (χ0v) is 13.6. The number of carbonyl (C=O) groups excluding carboxylic acids is 1. The van der Waals surface area contributed by atoms with Crippen LogP contribution in [0.1, 0.15) is 23.5 Å². The minimum atomic E-state index is -0.698. The standard InChI is InChI=1S/C11H8Br2ClN3O2/c1-5(17-4-6(14)3-15-11(17)19)9(18)8-2-7(12)10(13)16-8/h2-5,16H,1H3. The molecule has 0 bridgehead atoms. The van der Waals surface area contributed by atoms with Gasteiger partial charge in [-0.25, -0.2) is 9.78 Å². The van der Waals surface area contributed by atoms with Crippen molar-refractivity contribution in [1.82, 2.24) is 14.5 Å². The molecule has 1 atom stereocenters. The summed E-state index contributed by atoms with van der Waals surface area (Å²) in [5, 5.41) is 0.299. The Kier molecular flexibility index (Phi) is 4.27. The van der Waals surface area contributed by atoms with Crippen LogP contribution in [-0.4, -0.2) is 20.3 Å². The minimum absolute atomic E-state index is 0.238. The Morgan fingerprint density at radius 3 is 2.79 bits per heavy atom. The summed E-state index contributed by atoms with van der Waals surface area (Å²) in [5.41, 5.74) is -0.131. The van der Waals surface area contributed by atoms with Gasteiger partial charge in [0.1, 0.15) is 6.04 Å². The second-order valence-electron chi connectivity index (χ2n) is 3.85. The molecule has 2 rings (SSSR count). The largest absolute Gasteiger partial charge is 0.348 e. The van der Waals surface area contributed by atoms with Crippen LogP contribution in [0.5, 0.6) is 0 Å². The number of hydrogen-bond acceptors (Lipinski definition) is 3. The first-order chi connectivity index (χ1) is 8.90. The van der Waals surface area contributed by atoms with Gasteiger partial charge in [0.25, 0.3) is 0 Å². The number of H-pyrrole nitrogens is 1. The second kappa shape index (κ2) is 5.60. The van der Waals surface area contributed by atoms with E-state index in [9.17, 15) is 9.59 Å². The molecule has 8 heteroatoms. The molecule has 0 amide bonds. The molecule has 0 saturated carbocycles. The van der Waals surface area contributed by atoms with E-state index in [0.717, 1.165) is 4.47 Å². The lowest BCUT2D eigenvalue weighted by molar-refractivity contribution is 0.0927. The minimum Gasteiger partial charge on any atom is -0.346 e. The third-order valence-corrected chi connectivity index (χ3v) is 4.55. The summed E-state index contributed by atoms with van der Waals surface area (Å²) in [5.74, 6) is -0.238. The lowest BCUT2D eigenvalue weighted by atomic mass is 10.1. The molecular formula is C11H8Br2ClN3O2. The van der Waals surface area contributed by atoms with Crippen molar-refractivity contribution in [3.8, 4) is 0 Å². The predicted octanol–water partition coefficient (Wildman–Crippen LogP) is 3.19. The van der Waals surface area contributed by atoms with Gasteiger partial charge in [0.05, 0.1) is 26.0 Å². The average Bonchev–Trinajstić information content (AvgIpc) is 2.71. The lowest BCUT2D eigenvalue weighted by Crippen LogP contribution is -2.29. The first kappa shape index (κ1) is 14.5. The van der Waals surface area contributed by atoms with Crippen molar-refractivity contribution >= 4 is 49.2 Å². The first-order valence-corrected chi connectivity index (χ1v) is 7.18. The summed E-state index contributed by atoms with van der Waals surface area (Å²) < 4.78 is 2.60. The Bertz CT molecular complexity index is 676. The predicted molar refractivity (Wildman–Crippen MR) is 78.7 cm³/mol. The maximum Gasteiger partial charge on any atom is 0.348 e. The van der Waals surface area contributed by atoms with Gasteiger partial charge in [-0.15, -0.1) is 0 Å². The maximum absolute atomic E-state index is 12.3. The Balaban J connectivity index is 2.38. The number of nitrogens with one attached hydrogen (secondary N) is 1. The number of nitrogens with zero attached hydrogens (tertiary/aromatic N) is 2. The third-order valence-electron chi connectivity index (χ3n) is 2.57. The van der Waals surface area contributed by atoms with Crippen LogP contribution in [0.15, 0.2) is 32.3 Å². The van der Waals surface area contributed by atoms with E-state index >= 15 is 0 Å². The number of aromatic nitrogens is 3. The Morgan fingerprint density at radius 1 is 1.53 bits per heavy atom. The molecule has 2 aromatic heterocycles. The van der Waals surface area contributed by atoms with Crippen molar-refractivity contribution in [2.45, 2.75) is 13.0 Å². The molecule has 0 spiro atoms. The summed E-state index contributed by atoms with van der Waals surface area (Å²) in [6.07, 6.45) is 2.64. The van der Waals surface area contributed by atoms with Crippen LogP contribution in [0.2, 0.25) is 5.02 Å². The van der Waals surface area contributed by atoms with Crippen LogP contribution < -0.4 is 5.69 Å². The van der Waals surface area contributed by atoms with Gasteiger partial charge in [-0.2, -0.15) is 0 Å².